The number of nitrogens with zero attached hydrogens (tertiary/aromatic N) is 5. The summed E-state index contributed by atoms with van der Waals surface area (Å²) in [4.78, 5) is 23.5. The normalized spacial score (nSPS) is 15.4. The molecule has 7 heteroatoms. The molecule has 0 amide bonds. The number of carbonyl (C=O) groups is 1. The number of carbonyl (C=O) groups excluding carboxylic acids is 1. The third-order valence-electron chi connectivity index (χ3n) is 4.63. The number of hydrogen-bond acceptors (Lipinski definition) is 7. The molecule has 0 bridgehead atoms. The Kier molecular flexibility index (Phi) is 4.99. The summed E-state index contributed by atoms with van der Waals surface area (Å²) < 4.78 is 0. The second-order valence-corrected chi connectivity index (χ2v) is 7.95. The summed E-state index contributed by atoms with van der Waals surface area (Å²) in [6.45, 7) is 4.53. The van der Waals surface area contributed by atoms with Gasteiger partial charge in [0.2, 0.25) is 0 Å². The quantitative estimate of drug-likeness (QED) is 0.690. The molecule has 0 N–H and O–H groups in total. The first-order valence-corrected chi connectivity index (χ1v) is 9.78. The van der Waals surface area contributed by atoms with Crippen LogP contribution in [-0.4, -0.2) is 50.5 Å². The summed E-state index contributed by atoms with van der Waals surface area (Å²) >= 11 is 1.52. The number of Topliss-reactive ketones (excluding diaryl/α,β-unsaturated/α-hetero) is 1. The van der Waals surface area contributed by atoms with Gasteiger partial charge in [-0.3, -0.25) is 19.7 Å². The number of fused-ring (bicyclic) bond motifs is 1. The summed E-state index contributed by atoms with van der Waals surface area (Å²) in [6.07, 6.45) is 7.64. The molecule has 6 nitrogen and oxygen atoms in total. The van der Waals surface area contributed by atoms with Crippen molar-refractivity contribution in [2.24, 2.45) is 0 Å². The minimum absolute atomic E-state index is 0.229. The average Bonchev–Trinajstić information content (AvgIpc) is 3.08. The topological polar surface area (TPSA) is 71.9 Å². The molecule has 0 spiro atoms. The van der Waals surface area contributed by atoms with Crippen LogP contribution in [0.4, 0.5) is 0 Å². The van der Waals surface area contributed by atoms with Crippen molar-refractivity contribution in [2.45, 2.75) is 32.6 Å². The fourth-order valence-corrected chi connectivity index (χ4v) is 3.98. The smallest absolute Gasteiger partial charge is 0.166 e. The van der Waals surface area contributed by atoms with E-state index in [1.54, 1.807) is 12.4 Å². The minimum atomic E-state index is 0.229. The fourth-order valence-electron chi connectivity index (χ4n) is 3.32. The zero-order valence-electron chi connectivity index (χ0n) is 14.8. The van der Waals surface area contributed by atoms with Gasteiger partial charge < -0.3 is 0 Å². The third-order valence-corrected chi connectivity index (χ3v) is 5.49. The van der Waals surface area contributed by atoms with E-state index in [-0.39, 0.29) is 5.78 Å². The van der Waals surface area contributed by atoms with Crippen LogP contribution in [0.1, 0.15) is 30.0 Å². The highest BCUT2D eigenvalue weighted by atomic mass is 32.1. The van der Waals surface area contributed by atoms with Crippen LogP contribution in [0.15, 0.2) is 24.5 Å². The van der Waals surface area contributed by atoms with E-state index in [2.05, 4.69) is 25.1 Å². The van der Waals surface area contributed by atoms with Crippen LogP contribution in [0.25, 0.3) is 21.5 Å². The molecule has 1 aliphatic heterocycles. The van der Waals surface area contributed by atoms with Crippen molar-refractivity contribution in [3.8, 4) is 10.7 Å². The van der Waals surface area contributed by atoms with Gasteiger partial charge in [0.25, 0.3) is 0 Å². The van der Waals surface area contributed by atoms with Crippen LogP contribution in [0, 0.1) is 6.92 Å². The van der Waals surface area contributed by atoms with E-state index in [9.17, 15) is 4.79 Å². The van der Waals surface area contributed by atoms with Gasteiger partial charge in [0.05, 0.1) is 13.0 Å². The monoisotopic (exact) mass is 367 g/mol. The lowest BCUT2D eigenvalue weighted by Crippen LogP contribution is -2.35. The second-order valence-electron chi connectivity index (χ2n) is 6.77. The molecular formula is C19H21N5OS. The maximum absolute atomic E-state index is 12.4. The van der Waals surface area contributed by atoms with Crippen molar-refractivity contribution in [1.82, 2.24) is 25.1 Å². The maximum atomic E-state index is 12.4. The van der Waals surface area contributed by atoms with Gasteiger partial charge in [0.15, 0.2) is 10.8 Å². The number of aryl methyl sites for hydroxylation is 1. The van der Waals surface area contributed by atoms with Crippen LogP contribution < -0.4 is 0 Å². The average molecular weight is 367 g/mol. The molecular weight excluding hydrogens is 346 g/mol. The van der Waals surface area contributed by atoms with Gasteiger partial charge in [0.1, 0.15) is 10.7 Å². The Balaban J connectivity index is 1.51. The number of likely N-dealkylation sites (tertiary alicyclic amines) is 1. The van der Waals surface area contributed by atoms with Crippen LogP contribution in [-0.2, 0) is 11.2 Å². The lowest BCUT2D eigenvalue weighted by molar-refractivity contribution is -0.119. The van der Waals surface area contributed by atoms with Gasteiger partial charge in [-0.2, -0.15) is 0 Å². The molecule has 134 valence electrons. The number of piperidine rings is 1. The Hall–Kier alpha value is -2.25. The Morgan fingerprint density at radius 3 is 2.65 bits per heavy atom. The molecule has 0 aromatic carbocycles. The van der Waals surface area contributed by atoms with Crippen molar-refractivity contribution in [1.29, 1.82) is 0 Å². The van der Waals surface area contributed by atoms with E-state index in [1.165, 1.54) is 30.6 Å². The first-order valence-electron chi connectivity index (χ1n) is 8.96. The summed E-state index contributed by atoms with van der Waals surface area (Å²) in [5.41, 5.74) is 1.62. The van der Waals surface area contributed by atoms with Crippen molar-refractivity contribution in [2.75, 3.05) is 19.6 Å². The Morgan fingerprint density at radius 2 is 1.88 bits per heavy atom. The van der Waals surface area contributed by atoms with Crippen LogP contribution in [0.2, 0.25) is 0 Å². The third kappa shape index (κ3) is 3.94. The van der Waals surface area contributed by atoms with Crippen molar-refractivity contribution in [3.05, 3.63) is 35.2 Å². The zero-order chi connectivity index (χ0) is 17.9. The lowest BCUT2D eigenvalue weighted by Gasteiger charge is -2.25. The molecule has 1 aliphatic rings. The number of hydrogen-bond donors (Lipinski definition) is 0. The SMILES string of the molecule is Cc1nnc(-c2cc3cc(CC(=O)CN4CCCCC4)ncc3cn2)s1. The standard InChI is InChI=1S/C19H21N5OS/c1-13-22-23-19(26-13)18-8-14-7-16(20-10-15(14)11-21-18)9-17(25)12-24-5-3-2-4-6-24/h7-8,10-11H,2-6,9,12H2,1H3. The van der Waals surface area contributed by atoms with E-state index >= 15 is 0 Å². The summed E-state index contributed by atoms with van der Waals surface area (Å²) in [6, 6.07) is 3.98. The van der Waals surface area contributed by atoms with E-state index in [4.69, 9.17) is 0 Å². The van der Waals surface area contributed by atoms with Crippen LogP contribution >= 0.6 is 11.3 Å². The molecule has 0 atom stereocenters. The summed E-state index contributed by atoms with van der Waals surface area (Å²) in [5, 5.41) is 11.9. The highest BCUT2D eigenvalue weighted by Crippen LogP contribution is 2.24. The maximum Gasteiger partial charge on any atom is 0.166 e. The summed E-state index contributed by atoms with van der Waals surface area (Å²) in [5.74, 6) is 0.229. The van der Waals surface area contributed by atoms with E-state index in [0.717, 1.165) is 45.3 Å². The van der Waals surface area contributed by atoms with Crippen LogP contribution in [0.5, 0.6) is 0 Å². The predicted octanol–water partition coefficient (Wildman–Crippen LogP) is 3.05. The Labute approximate surface area is 156 Å². The van der Waals surface area contributed by atoms with E-state index in [1.807, 2.05) is 19.1 Å². The van der Waals surface area contributed by atoms with Crippen molar-refractivity contribution < 1.29 is 4.79 Å². The zero-order valence-corrected chi connectivity index (χ0v) is 15.6. The molecule has 1 fully saturated rings. The van der Waals surface area contributed by atoms with Gasteiger partial charge in [-0.15, -0.1) is 10.2 Å². The molecule has 4 heterocycles. The van der Waals surface area contributed by atoms with Gasteiger partial charge in [-0.1, -0.05) is 17.8 Å². The number of aromatic nitrogens is 4. The second kappa shape index (κ2) is 7.55. The molecule has 0 aliphatic carbocycles. The van der Waals surface area contributed by atoms with Crippen molar-refractivity contribution >= 4 is 27.9 Å². The van der Waals surface area contributed by atoms with Gasteiger partial charge in [-0.25, -0.2) is 0 Å². The number of pyridine rings is 2. The molecule has 3 aromatic heterocycles. The Bertz CT molecular complexity index is 933. The first kappa shape index (κ1) is 17.2. The van der Waals surface area contributed by atoms with E-state index in [0.29, 0.717) is 13.0 Å². The molecule has 1 saturated heterocycles. The minimum Gasteiger partial charge on any atom is -0.298 e. The molecule has 0 saturated carbocycles. The molecule has 3 aromatic rings. The van der Waals surface area contributed by atoms with E-state index < -0.39 is 0 Å². The highest BCUT2D eigenvalue weighted by molar-refractivity contribution is 7.14. The first-order chi connectivity index (χ1) is 12.7. The molecule has 26 heavy (non-hydrogen) atoms. The molecule has 0 radical (unpaired) electrons. The van der Waals surface area contributed by atoms with Gasteiger partial charge >= 0.3 is 0 Å². The lowest BCUT2D eigenvalue weighted by atomic mass is 10.1. The number of ketones is 1. The molecule has 0 unspecified atom stereocenters. The van der Waals surface area contributed by atoms with Gasteiger partial charge in [-0.05, 0) is 50.4 Å². The van der Waals surface area contributed by atoms with Crippen LogP contribution in [0.3, 0.4) is 0 Å². The fraction of sp³-hybridized carbons (Fsp3) is 0.421. The summed E-state index contributed by atoms with van der Waals surface area (Å²) in [7, 11) is 0. The number of rotatable bonds is 5. The molecule has 4 rings (SSSR count). The van der Waals surface area contributed by atoms with Crippen molar-refractivity contribution in [3.63, 3.8) is 0 Å². The largest absolute Gasteiger partial charge is 0.298 e. The highest BCUT2D eigenvalue weighted by Gasteiger charge is 2.15. The van der Waals surface area contributed by atoms with Gasteiger partial charge in [0, 0.05) is 23.5 Å². The Morgan fingerprint density at radius 1 is 1.08 bits per heavy atom. The predicted molar refractivity (Wildman–Crippen MR) is 102 cm³/mol.